The third-order valence-corrected chi connectivity index (χ3v) is 5.48. The van der Waals surface area contributed by atoms with Crippen molar-refractivity contribution in [3.63, 3.8) is 0 Å². The van der Waals surface area contributed by atoms with Gasteiger partial charge in [0.05, 0.1) is 20.3 Å². The van der Waals surface area contributed by atoms with Crippen LogP contribution in [0.4, 0.5) is 0 Å². The van der Waals surface area contributed by atoms with Crippen LogP contribution in [0.5, 0.6) is 11.5 Å². The normalized spacial score (nSPS) is 18.6. The Morgan fingerprint density at radius 3 is 2.55 bits per heavy atom. The van der Waals surface area contributed by atoms with Gasteiger partial charge in [-0.3, -0.25) is 4.99 Å². The molecule has 0 bridgehead atoms. The second-order valence-corrected chi connectivity index (χ2v) is 7.42. The van der Waals surface area contributed by atoms with Crippen molar-refractivity contribution in [3.05, 3.63) is 59.7 Å². The molecule has 6 nitrogen and oxygen atoms in total. The number of benzene rings is 2. The van der Waals surface area contributed by atoms with Crippen LogP contribution in [0.3, 0.4) is 0 Å². The largest absolute Gasteiger partial charge is 0.493 e. The molecule has 170 valence electrons. The lowest BCUT2D eigenvalue weighted by Crippen LogP contribution is -2.42. The first kappa shape index (κ1) is 25.3. The Morgan fingerprint density at radius 1 is 1.06 bits per heavy atom. The fraction of sp³-hybridized carbons (Fsp3) is 0.458. The molecule has 2 aromatic rings. The smallest absolute Gasteiger partial charge is 0.190 e. The molecule has 0 aromatic heterocycles. The Bertz CT molecular complexity index is 817. The fourth-order valence-electron chi connectivity index (χ4n) is 3.87. The number of hydrogen-bond donors (Lipinski definition) is 2. The highest BCUT2D eigenvalue weighted by Crippen LogP contribution is 2.33. The van der Waals surface area contributed by atoms with E-state index in [1.165, 1.54) is 11.1 Å². The standard InChI is InChI=1S/C24H33N3O3.HI/c1-25-24(26-14-13-18-11-12-21(28-2)22(16-18)29-3)27-17-20-10-7-15-30-23(20)19-8-5-4-6-9-19;/h4-6,8-9,11-12,16,20,23H,7,10,13-15,17H2,1-3H3,(H2,25,26,27);1H. The number of hydrogen-bond acceptors (Lipinski definition) is 4. The second kappa shape index (κ2) is 13.4. The van der Waals surface area contributed by atoms with Crippen LogP contribution in [-0.2, 0) is 11.2 Å². The molecule has 2 unspecified atom stereocenters. The molecular weight excluding hydrogens is 505 g/mol. The number of guanidine groups is 1. The lowest BCUT2D eigenvalue weighted by molar-refractivity contribution is -0.0265. The van der Waals surface area contributed by atoms with Gasteiger partial charge in [-0.15, -0.1) is 24.0 Å². The van der Waals surface area contributed by atoms with Crippen LogP contribution in [0.15, 0.2) is 53.5 Å². The van der Waals surface area contributed by atoms with Crippen LogP contribution in [-0.4, -0.2) is 46.9 Å². The molecule has 0 spiro atoms. The molecule has 0 aliphatic carbocycles. The maximum Gasteiger partial charge on any atom is 0.190 e. The Hall–Kier alpha value is -2.00. The average Bonchev–Trinajstić information content (AvgIpc) is 2.81. The van der Waals surface area contributed by atoms with E-state index < -0.39 is 0 Å². The van der Waals surface area contributed by atoms with Gasteiger partial charge in [0.15, 0.2) is 17.5 Å². The molecule has 1 aliphatic heterocycles. The summed E-state index contributed by atoms with van der Waals surface area (Å²) in [4.78, 5) is 4.37. The third-order valence-electron chi connectivity index (χ3n) is 5.48. The predicted octanol–water partition coefficient (Wildman–Crippen LogP) is 4.20. The zero-order chi connectivity index (χ0) is 21.2. The molecule has 3 rings (SSSR count). The van der Waals surface area contributed by atoms with Crippen molar-refractivity contribution in [2.24, 2.45) is 10.9 Å². The van der Waals surface area contributed by atoms with Crippen LogP contribution < -0.4 is 20.1 Å². The summed E-state index contributed by atoms with van der Waals surface area (Å²) in [6, 6.07) is 16.5. The lowest BCUT2D eigenvalue weighted by Gasteiger charge is -2.32. The van der Waals surface area contributed by atoms with E-state index in [1.54, 1.807) is 21.3 Å². The van der Waals surface area contributed by atoms with E-state index in [1.807, 2.05) is 18.2 Å². The van der Waals surface area contributed by atoms with Gasteiger partial charge in [-0.05, 0) is 42.5 Å². The lowest BCUT2D eigenvalue weighted by atomic mass is 9.89. The van der Waals surface area contributed by atoms with Crippen molar-refractivity contribution < 1.29 is 14.2 Å². The molecule has 1 saturated heterocycles. The number of ether oxygens (including phenoxy) is 3. The number of aliphatic imine (C=N–C) groups is 1. The fourth-order valence-corrected chi connectivity index (χ4v) is 3.87. The molecule has 0 radical (unpaired) electrons. The van der Waals surface area contributed by atoms with Crippen molar-refractivity contribution in [2.45, 2.75) is 25.4 Å². The minimum Gasteiger partial charge on any atom is -0.493 e. The van der Waals surface area contributed by atoms with Crippen molar-refractivity contribution >= 4 is 29.9 Å². The van der Waals surface area contributed by atoms with Gasteiger partial charge in [0.25, 0.3) is 0 Å². The minimum atomic E-state index is 0. The Morgan fingerprint density at radius 2 is 1.84 bits per heavy atom. The molecule has 2 atom stereocenters. The first-order valence-electron chi connectivity index (χ1n) is 10.6. The molecule has 0 amide bonds. The van der Waals surface area contributed by atoms with Crippen molar-refractivity contribution in [1.29, 1.82) is 0 Å². The highest BCUT2D eigenvalue weighted by atomic mass is 127. The van der Waals surface area contributed by atoms with E-state index in [4.69, 9.17) is 14.2 Å². The second-order valence-electron chi connectivity index (χ2n) is 7.42. The van der Waals surface area contributed by atoms with Gasteiger partial charge >= 0.3 is 0 Å². The molecule has 2 aromatic carbocycles. The van der Waals surface area contributed by atoms with E-state index >= 15 is 0 Å². The topological polar surface area (TPSA) is 64.1 Å². The van der Waals surface area contributed by atoms with Crippen LogP contribution in [0, 0.1) is 5.92 Å². The summed E-state index contributed by atoms with van der Waals surface area (Å²) in [7, 11) is 5.11. The zero-order valence-electron chi connectivity index (χ0n) is 18.6. The maximum absolute atomic E-state index is 6.10. The van der Waals surface area contributed by atoms with Gasteiger partial charge in [0, 0.05) is 32.7 Å². The quantitative estimate of drug-likeness (QED) is 0.299. The van der Waals surface area contributed by atoms with Gasteiger partial charge in [-0.1, -0.05) is 36.4 Å². The SMILES string of the molecule is CN=C(NCCc1ccc(OC)c(OC)c1)NCC1CCCOC1c1ccccc1.I. The van der Waals surface area contributed by atoms with E-state index in [9.17, 15) is 0 Å². The summed E-state index contributed by atoms with van der Waals surface area (Å²) >= 11 is 0. The van der Waals surface area contributed by atoms with E-state index in [0.29, 0.717) is 5.92 Å². The molecule has 2 N–H and O–H groups in total. The van der Waals surface area contributed by atoms with Gasteiger partial charge < -0.3 is 24.8 Å². The first-order chi connectivity index (χ1) is 14.7. The summed E-state index contributed by atoms with van der Waals surface area (Å²) < 4.78 is 16.8. The maximum atomic E-state index is 6.10. The predicted molar refractivity (Wildman–Crippen MR) is 136 cm³/mol. The molecule has 0 saturated carbocycles. The molecule has 1 fully saturated rings. The first-order valence-corrected chi connectivity index (χ1v) is 10.6. The summed E-state index contributed by atoms with van der Waals surface area (Å²) in [6.45, 7) is 2.43. The van der Waals surface area contributed by atoms with Crippen LogP contribution >= 0.6 is 24.0 Å². The van der Waals surface area contributed by atoms with Crippen LogP contribution in [0.1, 0.15) is 30.1 Å². The number of halogens is 1. The number of rotatable bonds is 8. The van der Waals surface area contributed by atoms with E-state index in [0.717, 1.165) is 56.4 Å². The summed E-state index contributed by atoms with van der Waals surface area (Å²) in [6.07, 6.45) is 3.24. The third kappa shape index (κ3) is 7.28. The summed E-state index contributed by atoms with van der Waals surface area (Å²) in [5.41, 5.74) is 2.43. The van der Waals surface area contributed by atoms with E-state index in [-0.39, 0.29) is 30.1 Å². The number of methoxy groups -OCH3 is 2. The molecule has 7 heteroatoms. The average molecular weight is 539 g/mol. The number of nitrogens with zero attached hydrogens (tertiary/aromatic N) is 1. The van der Waals surface area contributed by atoms with Gasteiger partial charge in [0.1, 0.15) is 0 Å². The molecular formula is C24H34IN3O3. The van der Waals surface area contributed by atoms with Gasteiger partial charge in [0.2, 0.25) is 0 Å². The van der Waals surface area contributed by atoms with Crippen molar-refractivity contribution in [2.75, 3.05) is 41.0 Å². The van der Waals surface area contributed by atoms with Crippen molar-refractivity contribution in [3.8, 4) is 11.5 Å². The van der Waals surface area contributed by atoms with Crippen LogP contribution in [0.2, 0.25) is 0 Å². The van der Waals surface area contributed by atoms with E-state index in [2.05, 4.69) is 46.0 Å². The van der Waals surface area contributed by atoms with Crippen molar-refractivity contribution in [1.82, 2.24) is 10.6 Å². The Labute approximate surface area is 202 Å². The Kier molecular flexibility index (Phi) is 10.9. The highest BCUT2D eigenvalue weighted by molar-refractivity contribution is 14.0. The summed E-state index contributed by atoms with van der Waals surface area (Å²) in [5, 5.41) is 6.88. The number of nitrogens with one attached hydrogen (secondary N) is 2. The van der Waals surface area contributed by atoms with Gasteiger partial charge in [-0.25, -0.2) is 0 Å². The molecule has 1 aliphatic rings. The zero-order valence-corrected chi connectivity index (χ0v) is 20.9. The van der Waals surface area contributed by atoms with Crippen LogP contribution in [0.25, 0.3) is 0 Å². The highest BCUT2D eigenvalue weighted by Gasteiger charge is 2.27. The minimum absolute atomic E-state index is 0. The monoisotopic (exact) mass is 539 g/mol. The summed E-state index contributed by atoms with van der Waals surface area (Å²) in [5.74, 6) is 2.73. The van der Waals surface area contributed by atoms with Gasteiger partial charge in [-0.2, -0.15) is 0 Å². The molecule has 1 heterocycles. The Balaban J connectivity index is 0.00000341. The molecule has 31 heavy (non-hydrogen) atoms.